The van der Waals surface area contributed by atoms with Crippen LogP contribution >= 0.6 is 0 Å². The molecule has 1 heterocycles. The van der Waals surface area contributed by atoms with Crippen molar-refractivity contribution in [2.75, 3.05) is 19.6 Å². The summed E-state index contributed by atoms with van der Waals surface area (Å²) in [6.45, 7) is 8.93. The Labute approximate surface area is 212 Å². The first-order chi connectivity index (χ1) is 16.6. The van der Waals surface area contributed by atoms with Crippen molar-refractivity contribution in [3.05, 3.63) is 24.6 Å². The number of rotatable bonds is 23. The van der Waals surface area contributed by atoms with Gasteiger partial charge in [0.15, 0.2) is 6.17 Å². The SMILES string of the molecule is CCCCC/C=C/CCCCCCCCCCCCCCC1NC=C[N+]1(CC)CCNC(C)=O. The molecule has 0 spiro atoms. The summed E-state index contributed by atoms with van der Waals surface area (Å²) in [5.41, 5.74) is 0. The van der Waals surface area contributed by atoms with Gasteiger partial charge in [-0.15, -0.1) is 0 Å². The van der Waals surface area contributed by atoms with Gasteiger partial charge in [-0.1, -0.05) is 96.1 Å². The van der Waals surface area contributed by atoms with Gasteiger partial charge >= 0.3 is 0 Å². The summed E-state index contributed by atoms with van der Waals surface area (Å²) >= 11 is 0. The maximum atomic E-state index is 11.2. The molecule has 0 aliphatic carbocycles. The molecule has 0 bridgehead atoms. The highest BCUT2D eigenvalue weighted by Gasteiger charge is 2.36. The number of unbranched alkanes of at least 4 members (excludes halogenated alkanes) is 15. The molecule has 1 amide bonds. The zero-order valence-corrected chi connectivity index (χ0v) is 23.1. The molecule has 0 fully saturated rings. The number of allylic oxidation sites excluding steroid dienone is 2. The van der Waals surface area contributed by atoms with E-state index in [2.05, 4.69) is 49.0 Å². The molecule has 1 rings (SSSR count). The second kappa shape index (κ2) is 21.0. The molecule has 4 heteroatoms. The Balaban J connectivity index is 1.90. The van der Waals surface area contributed by atoms with E-state index in [9.17, 15) is 4.79 Å². The summed E-state index contributed by atoms with van der Waals surface area (Å²) in [5.74, 6) is 0.0680. The molecule has 34 heavy (non-hydrogen) atoms. The first kappa shape index (κ1) is 30.7. The lowest BCUT2D eigenvalue weighted by molar-refractivity contribution is -0.898. The number of nitrogens with one attached hydrogen (secondary N) is 2. The number of hydrogen-bond acceptors (Lipinski definition) is 2. The predicted molar refractivity (Wildman–Crippen MR) is 148 cm³/mol. The third kappa shape index (κ3) is 14.9. The van der Waals surface area contributed by atoms with Gasteiger partial charge in [0.05, 0.1) is 19.3 Å². The first-order valence-corrected chi connectivity index (χ1v) is 14.8. The lowest BCUT2D eigenvalue weighted by Crippen LogP contribution is -2.55. The molecule has 4 nitrogen and oxygen atoms in total. The summed E-state index contributed by atoms with van der Waals surface area (Å²) in [6, 6.07) is 0. The highest BCUT2D eigenvalue weighted by atomic mass is 16.1. The Morgan fingerprint density at radius 2 is 1.35 bits per heavy atom. The minimum absolute atomic E-state index is 0.0680. The third-order valence-corrected chi connectivity index (χ3v) is 7.51. The third-order valence-electron chi connectivity index (χ3n) is 7.51. The van der Waals surface area contributed by atoms with Crippen LogP contribution in [0, 0.1) is 0 Å². The van der Waals surface area contributed by atoms with Gasteiger partial charge in [0.25, 0.3) is 0 Å². The van der Waals surface area contributed by atoms with Crippen molar-refractivity contribution in [1.29, 1.82) is 0 Å². The Morgan fingerprint density at radius 1 is 0.824 bits per heavy atom. The van der Waals surface area contributed by atoms with E-state index in [4.69, 9.17) is 0 Å². The predicted octanol–water partition coefficient (Wildman–Crippen LogP) is 7.96. The van der Waals surface area contributed by atoms with Crippen molar-refractivity contribution < 1.29 is 9.28 Å². The van der Waals surface area contributed by atoms with Gasteiger partial charge in [0.1, 0.15) is 12.7 Å². The van der Waals surface area contributed by atoms with Gasteiger partial charge in [-0.3, -0.25) is 9.28 Å². The molecular formula is C30H58N3O+. The summed E-state index contributed by atoms with van der Waals surface area (Å²) in [5, 5.41) is 6.53. The second-order valence-corrected chi connectivity index (χ2v) is 10.4. The van der Waals surface area contributed by atoms with Crippen molar-refractivity contribution in [2.24, 2.45) is 0 Å². The van der Waals surface area contributed by atoms with Gasteiger partial charge in [-0.2, -0.15) is 0 Å². The number of hydrogen-bond donors (Lipinski definition) is 2. The van der Waals surface area contributed by atoms with Crippen LogP contribution in [0.4, 0.5) is 0 Å². The Bertz CT molecular complexity index is 545. The van der Waals surface area contributed by atoms with Crippen LogP contribution in [0.1, 0.15) is 136 Å². The molecule has 0 radical (unpaired) electrons. The molecule has 2 atom stereocenters. The molecule has 198 valence electrons. The second-order valence-electron chi connectivity index (χ2n) is 10.4. The standard InChI is InChI=1S/C30H57N3O/c1-4-6-7-8-9-10-11-12-13-14-15-16-17-18-19-20-21-22-23-24-30-32-26-28-33(30,5-2)27-25-31-29(3)34/h9-10,26,28,30,32H,4-8,11-25,27H2,1-3H3/p+1/b10-9+. The fourth-order valence-corrected chi connectivity index (χ4v) is 5.17. The minimum Gasteiger partial charge on any atom is -0.351 e. The molecule has 0 aromatic heterocycles. The van der Waals surface area contributed by atoms with Crippen molar-refractivity contribution in [3.63, 3.8) is 0 Å². The molecule has 1 aliphatic heterocycles. The van der Waals surface area contributed by atoms with Gasteiger partial charge in [-0.05, 0) is 39.0 Å². The van der Waals surface area contributed by atoms with Crippen LogP contribution in [0.5, 0.6) is 0 Å². The van der Waals surface area contributed by atoms with Gasteiger partial charge in [0, 0.05) is 13.3 Å². The molecule has 0 saturated heterocycles. The Hall–Kier alpha value is -1.29. The topological polar surface area (TPSA) is 41.1 Å². The number of nitrogens with zero attached hydrogens (tertiary/aromatic N) is 1. The Kier molecular flexibility index (Phi) is 19.0. The van der Waals surface area contributed by atoms with Gasteiger partial charge < -0.3 is 10.6 Å². The number of amides is 1. The van der Waals surface area contributed by atoms with E-state index in [-0.39, 0.29) is 5.91 Å². The lowest BCUT2D eigenvalue weighted by Gasteiger charge is -2.37. The van der Waals surface area contributed by atoms with Crippen molar-refractivity contribution in [1.82, 2.24) is 10.6 Å². The van der Waals surface area contributed by atoms with Crippen LogP contribution in [0.2, 0.25) is 0 Å². The largest absolute Gasteiger partial charge is 0.351 e. The maximum absolute atomic E-state index is 11.2. The van der Waals surface area contributed by atoms with Crippen LogP contribution in [-0.2, 0) is 4.79 Å². The number of carbonyl (C=O) groups excluding carboxylic acids is 1. The van der Waals surface area contributed by atoms with Crippen molar-refractivity contribution in [2.45, 2.75) is 143 Å². The Morgan fingerprint density at radius 3 is 1.88 bits per heavy atom. The molecule has 1 aliphatic rings. The van der Waals surface area contributed by atoms with E-state index in [1.807, 2.05) is 0 Å². The monoisotopic (exact) mass is 476 g/mol. The molecule has 2 unspecified atom stereocenters. The summed E-state index contributed by atoms with van der Waals surface area (Å²) < 4.78 is 0.954. The van der Waals surface area contributed by atoms with Crippen molar-refractivity contribution in [3.8, 4) is 0 Å². The maximum Gasteiger partial charge on any atom is 0.217 e. The zero-order valence-electron chi connectivity index (χ0n) is 23.1. The van der Waals surface area contributed by atoms with Crippen LogP contribution in [0.15, 0.2) is 24.6 Å². The quantitative estimate of drug-likeness (QED) is 0.0892. The molecule has 0 aromatic carbocycles. The normalized spacial score (nSPS) is 19.7. The molecule has 0 saturated carbocycles. The van der Waals surface area contributed by atoms with E-state index < -0.39 is 0 Å². The van der Waals surface area contributed by atoms with E-state index >= 15 is 0 Å². The smallest absolute Gasteiger partial charge is 0.217 e. The van der Waals surface area contributed by atoms with Crippen molar-refractivity contribution >= 4 is 5.91 Å². The lowest BCUT2D eigenvalue weighted by atomic mass is 10.0. The van der Waals surface area contributed by atoms with Crippen LogP contribution in [0.3, 0.4) is 0 Å². The highest BCUT2D eigenvalue weighted by Crippen LogP contribution is 2.23. The van der Waals surface area contributed by atoms with E-state index in [1.165, 1.54) is 116 Å². The number of quaternary nitrogens is 1. The zero-order chi connectivity index (χ0) is 24.7. The molecular weight excluding hydrogens is 418 g/mol. The minimum atomic E-state index is 0.0680. The van der Waals surface area contributed by atoms with Gasteiger partial charge in [0.2, 0.25) is 5.91 Å². The van der Waals surface area contributed by atoms with Gasteiger partial charge in [-0.25, -0.2) is 0 Å². The number of carbonyl (C=O) groups is 1. The number of likely N-dealkylation sites (N-methyl/N-ethyl adjacent to an activating group) is 1. The van der Waals surface area contributed by atoms with Crippen LogP contribution in [0.25, 0.3) is 0 Å². The fraction of sp³-hybridized carbons (Fsp3) is 0.833. The van der Waals surface area contributed by atoms with E-state index in [0.29, 0.717) is 6.17 Å². The molecule has 2 N–H and O–H groups in total. The summed E-state index contributed by atoms with van der Waals surface area (Å²) in [4.78, 5) is 11.2. The average molecular weight is 477 g/mol. The van der Waals surface area contributed by atoms with Crippen LogP contribution < -0.4 is 10.6 Å². The van der Waals surface area contributed by atoms with Crippen LogP contribution in [-0.4, -0.2) is 36.2 Å². The van der Waals surface area contributed by atoms with E-state index in [1.54, 1.807) is 6.92 Å². The van der Waals surface area contributed by atoms with E-state index in [0.717, 1.165) is 24.1 Å². The first-order valence-electron chi connectivity index (χ1n) is 14.8. The highest BCUT2D eigenvalue weighted by molar-refractivity contribution is 5.72. The fourth-order valence-electron chi connectivity index (χ4n) is 5.17. The molecule has 0 aromatic rings. The average Bonchev–Trinajstić information content (AvgIpc) is 3.23. The summed E-state index contributed by atoms with van der Waals surface area (Å²) in [6.07, 6.45) is 34.3. The summed E-state index contributed by atoms with van der Waals surface area (Å²) in [7, 11) is 0.